The first-order valence-electron chi connectivity index (χ1n) is 17.0. The molecule has 0 bridgehead atoms. The lowest BCUT2D eigenvalue weighted by molar-refractivity contribution is -0.142. The van der Waals surface area contributed by atoms with E-state index in [1.165, 1.54) is 37.0 Å². The van der Waals surface area contributed by atoms with Crippen molar-refractivity contribution in [3.63, 3.8) is 0 Å². The first kappa shape index (κ1) is 39.2. The fourth-order valence-electron chi connectivity index (χ4n) is 6.60. The number of hydrogen-bond donors (Lipinski definition) is 4. The van der Waals surface area contributed by atoms with E-state index in [1.807, 2.05) is 0 Å². The molecule has 296 valence electrons. The van der Waals surface area contributed by atoms with Crippen LogP contribution in [0, 0.1) is 23.5 Å². The summed E-state index contributed by atoms with van der Waals surface area (Å²) in [4.78, 5) is 19.0. The van der Waals surface area contributed by atoms with Crippen molar-refractivity contribution in [2.45, 2.75) is 61.7 Å². The molecule has 0 radical (unpaired) electrons. The number of carbonyl (C=O) groups is 1. The minimum atomic E-state index is -5.17. The van der Waals surface area contributed by atoms with E-state index in [1.54, 1.807) is 31.3 Å². The summed E-state index contributed by atoms with van der Waals surface area (Å²) in [6, 6.07) is 7.52. The minimum Gasteiger partial charge on any atom is -0.378 e. The van der Waals surface area contributed by atoms with Crippen LogP contribution >= 0.6 is 0 Å². The number of aryl methyl sites for hydroxylation is 1. The fraction of sp³-hybridized carbons (Fsp3) is 0.270. The van der Waals surface area contributed by atoms with Crippen LogP contribution in [-0.4, -0.2) is 55.7 Å². The Hall–Kier alpha value is -6.07. The molecule has 0 spiro atoms. The Morgan fingerprint density at radius 3 is 2.49 bits per heavy atom. The lowest BCUT2D eigenvalue weighted by Gasteiger charge is -2.23. The van der Waals surface area contributed by atoms with Crippen LogP contribution in [0.4, 0.5) is 41.3 Å². The highest BCUT2D eigenvalue weighted by atomic mass is 32.2. The van der Waals surface area contributed by atoms with Gasteiger partial charge >= 0.3 is 12.2 Å². The standard InChI is InChI=1S/C37H30F7N9O3S/c1-35(2,55)11-9-22-7-8-24(25-5-4-6-26-30(25)52(3)50-33(26)51-57(56)23-17-45-46-18-23)29(47-22)28(15-19-13-20(38)16-21(39)14-19)48-34(54)53-32-27(10-12-36(32,40)41)31(49-53)37(42,43)44/h4-8,13-14,16-18,28,55H,10,12,15H2,1-3H3,(H,45,46)(H,48,54)(H,50,51). The molecule has 2 atom stereocenters. The lowest BCUT2D eigenvalue weighted by atomic mass is 9.94. The topological polar surface area (TPSA) is 156 Å². The Morgan fingerprint density at radius 1 is 1.09 bits per heavy atom. The molecule has 4 aromatic heterocycles. The number of anilines is 1. The average Bonchev–Trinajstić information content (AvgIpc) is 3.92. The summed E-state index contributed by atoms with van der Waals surface area (Å²) in [5, 5.41) is 27.4. The van der Waals surface area contributed by atoms with Crippen molar-refractivity contribution in [2.24, 2.45) is 7.05 Å². The Morgan fingerprint density at radius 2 is 1.82 bits per heavy atom. The van der Waals surface area contributed by atoms with Gasteiger partial charge in [0.1, 0.15) is 28.6 Å². The maximum absolute atomic E-state index is 15.1. The van der Waals surface area contributed by atoms with E-state index in [4.69, 9.17) is 0 Å². The molecule has 2 aromatic carbocycles. The average molecular weight is 814 g/mol. The number of alkyl halides is 5. The van der Waals surface area contributed by atoms with Gasteiger partial charge in [-0.3, -0.25) is 14.5 Å². The molecule has 0 fully saturated rings. The van der Waals surface area contributed by atoms with Crippen molar-refractivity contribution in [2.75, 3.05) is 4.72 Å². The van der Waals surface area contributed by atoms with Crippen molar-refractivity contribution < 1.29 is 44.8 Å². The number of aromatic amines is 1. The zero-order valence-electron chi connectivity index (χ0n) is 30.0. The number of nitrogens with one attached hydrogen (secondary N) is 3. The smallest absolute Gasteiger partial charge is 0.378 e. The lowest BCUT2D eigenvalue weighted by Crippen LogP contribution is -2.37. The second-order valence-corrected chi connectivity index (χ2v) is 14.9. The van der Waals surface area contributed by atoms with E-state index in [0.717, 1.165) is 12.1 Å². The zero-order chi connectivity index (χ0) is 41.0. The number of pyridine rings is 1. The highest BCUT2D eigenvalue weighted by Crippen LogP contribution is 2.46. The molecule has 0 saturated heterocycles. The number of aromatic nitrogens is 7. The Labute approximate surface area is 321 Å². The summed E-state index contributed by atoms with van der Waals surface area (Å²) in [6.07, 6.45) is -4.52. The molecule has 4 heterocycles. The zero-order valence-corrected chi connectivity index (χ0v) is 30.8. The van der Waals surface area contributed by atoms with E-state index in [9.17, 15) is 36.1 Å². The molecular weight excluding hydrogens is 784 g/mol. The quantitative estimate of drug-likeness (QED) is 0.0987. The number of amides is 1. The monoisotopic (exact) mass is 813 g/mol. The SMILES string of the molecule is Cn1nc(NS(=O)c2cn[nH]c2)c2cccc(-c3ccc(C#CC(C)(C)O)nc3C(Cc3cc(F)cc(F)c3)NC(=O)n3nc(C(F)(F)F)c4c3C(F)(F)CC4)c21. The molecule has 6 aromatic rings. The highest BCUT2D eigenvalue weighted by Gasteiger charge is 2.51. The first-order chi connectivity index (χ1) is 26.8. The van der Waals surface area contributed by atoms with Crippen molar-refractivity contribution >= 4 is 33.7 Å². The van der Waals surface area contributed by atoms with Gasteiger partial charge in [0.05, 0.1) is 28.3 Å². The highest BCUT2D eigenvalue weighted by molar-refractivity contribution is 7.86. The molecule has 1 amide bonds. The van der Waals surface area contributed by atoms with E-state index in [0.29, 0.717) is 27.4 Å². The molecule has 7 rings (SSSR count). The fourth-order valence-corrected chi connectivity index (χ4v) is 7.35. The number of para-hydroxylation sites is 1. The third-order valence-electron chi connectivity index (χ3n) is 8.92. The van der Waals surface area contributed by atoms with E-state index in [2.05, 4.69) is 47.3 Å². The van der Waals surface area contributed by atoms with Gasteiger partial charge in [-0.25, -0.2) is 22.8 Å². The predicted molar refractivity (Wildman–Crippen MR) is 192 cm³/mol. The van der Waals surface area contributed by atoms with Gasteiger partial charge in [-0.05, 0) is 68.5 Å². The van der Waals surface area contributed by atoms with Crippen molar-refractivity contribution in [1.82, 2.24) is 40.1 Å². The van der Waals surface area contributed by atoms with Crippen LogP contribution in [0.3, 0.4) is 0 Å². The van der Waals surface area contributed by atoms with Crippen LogP contribution in [0.5, 0.6) is 0 Å². The van der Waals surface area contributed by atoms with Gasteiger partial charge in [0.25, 0.3) is 5.92 Å². The predicted octanol–water partition coefficient (Wildman–Crippen LogP) is 6.69. The van der Waals surface area contributed by atoms with Gasteiger partial charge in [0.2, 0.25) is 0 Å². The molecule has 4 N–H and O–H groups in total. The van der Waals surface area contributed by atoms with Gasteiger partial charge in [-0.2, -0.15) is 41.9 Å². The largest absolute Gasteiger partial charge is 0.435 e. The van der Waals surface area contributed by atoms with Gasteiger partial charge in [0, 0.05) is 47.8 Å². The molecule has 20 heteroatoms. The van der Waals surface area contributed by atoms with Crippen LogP contribution in [0.2, 0.25) is 0 Å². The van der Waals surface area contributed by atoms with Crippen LogP contribution in [0.25, 0.3) is 22.0 Å². The summed E-state index contributed by atoms with van der Waals surface area (Å²) in [5.74, 6) is -0.279. The Bertz CT molecular complexity index is 2600. The second-order valence-electron chi connectivity index (χ2n) is 13.7. The second kappa shape index (κ2) is 14.5. The number of rotatable bonds is 8. The van der Waals surface area contributed by atoms with Crippen LogP contribution < -0.4 is 10.0 Å². The van der Waals surface area contributed by atoms with E-state index >= 15 is 8.78 Å². The number of fused-ring (bicyclic) bond motifs is 2. The number of H-pyrrole nitrogens is 1. The van der Waals surface area contributed by atoms with Crippen LogP contribution in [-0.2, 0) is 43.0 Å². The van der Waals surface area contributed by atoms with Crippen LogP contribution in [0.15, 0.2) is 65.8 Å². The summed E-state index contributed by atoms with van der Waals surface area (Å²) in [7, 11) is -0.195. The number of benzene rings is 2. The summed E-state index contributed by atoms with van der Waals surface area (Å²) in [6.45, 7) is 2.83. The van der Waals surface area contributed by atoms with Crippen molar-refractivity contribution in [3.05, 3.63) is 106 Å². The van der Waals surface area contributed by atoms with E-state index in [-0.39, 0.29) is 33.0 Å². The summed E-state index contributed by atoms with van der Waals surface area (Å²) >= 11 is 0. The van der Waals surface area contributed by atoms with Gasteiger partial charge < -0.3 is 10.4 Å². The molecule has 0 saturated carbocycles. The normalized spacial score (nSPS) is 14.9. The first-order valence-corrected chi connectivity index (χ1v) is 18.2. The Balaban J connectivity index is 1.41. The summed E-state index contributed by atoms with van der Waals surface area (Å²) < 4.78 is 119. The third-order valence-corrected chi connectivity index (χ3v) is 9.95. The van der Waals surface area contributed by atoms with Gasteiger partial charge in [-0.1, -0.05) is 18.1 Å². The summed E-state index contributed by atoms with van der Waals surface area (Å²) in [5.41, 5.74) is -4.19. The number of nitrogens with zero attached hydrogens (tertiary/aromatic N) is 6. The number of hydrogen-bond acceptors (Lipinski definition) is 7. The minimum absolute atomic E-state index is 0.0259. The molecule has 1 aliphatic carbocycles. The molecule has 57 heavy (non-hydrogen) atoms. The van der Waals surface area contributed by atoms with Gasteiger partial charge in [0.15, 0.2) is 22.5 Å². The maximum atomic E-state index is 15.1. The van der Waals surface area contributed by atoms with Crippen molar-refractivity contribution in [1.29, 1.82) is 0 Å². The molecule has 2 unspecified atom stereocenters. The molecule has 12 nitrogen and oxygen atoms in total. The Kier molecular flexibility index (Phi) is 9.94. The third kappa shape index (κ3) is 7.97. The maximum Gasteiger partial charge on any atom is 0.435 e. The van der Waals surface area contributed by atoms with Crippen molar-refractivity contribution in [3.8, 4) is 23.0 Å². The molecule has 0 aliphatic heterocycles. The number of carbonyl (C=O) groups excluding carboxylic acids is 1. The number of halogens is 7. The molecular formula is C37H30F7N9O3S. The van der Waals surface area contributed by atoms with E-state index < -0.39 is 88.6 Å². The molecule has 1 aliphatic rings. The van der Waals surface area contributed by atoms with Gasteiger partial charge in [-0.15, -0.1) is 0 Å². The van der Waals surface area contributed by atoms with Crippen LogP contribution in [0.1, 0.15) is 60.2 Å². The number of aliphatic hydroxyl groups is 1.